The zero-order valence-corrected chi connectivity index (χ0v) is 15.4. The van der Waals surface area contributed by atoms with E-state index in [2.05, 4.69) is 59.3 Å². The van der Waals surface area contributed by atoms with Gasteiger partial charge in [0.05, 0.1) is 10.0 Å². The molecule has 2 aromatic heterocycles. The van der Waals surface area contributed by atoms with Crippen molar-refractivity contribution in [2.24, 2.45) is 5.92 Å². The Balaban J connectivity index is 1.63. The van der Waals surface area contributed by atoms with Gasteiger partial charge in [-0.05, 0) is 60.5 Å². The first-order chi connectivity index (χ1) is 10.3. The van der Waals surface area contributed by atoms with Crippen molar-refractivity contribution in [3.8, 4) is 0 Å². The van der Waals surface area contributed by atoms with Gasteiger partial charge < -0.3 is 4.90 Å². The zero-order valence-electron chi connectivity index (χ0n) is 13.0. The summed E-state index contributed by atoms with van der Waals surface area (Å²) >= 11 is 5.25. The highest BCUT2D eigenvalue weighted by Gasteiger charge is 2.34. The Bertz CT molecular complexity index is 666. The van der Waals surface area contributed by atoms with E-state index in [0.29, 0.717) is 11.6 Å². The smallest absolute Gasteiger partial charge is 0.275 e. The third kappa shape index (κ3) is 3.13. The van der Waals surface area contributed by atoms with E-state index < -0.39 is 0 Å². The second kappa shape index (κ2) is 5.81. The molecule has 118 valence electrons. The number of hydrogen-bond acceptors (Lipinski definition) is 3. The third-order valence-corrected chi connectivity index (χ3v) is 5.35. The molecule has 0 aliphatic carbocycles. The van der Waals surface area contributed by atoms with Gasteiger partial charge in [-0.3, -0.25) is 9.48 Å². The molecule has 1 aliphatic rings. The molecule has 0 saturated carbocycles. The molecule has 1 amide bonds. The van der Waals surface area contributed by atoms with E-state index in [4.69, 9.17) is 0 Å². The summed E-state index contributed by atoms with van der Waals surface area (Å²) in [7, 11) is 0. The molecular formula is C16H20BrN3OS. The van der Waals surface area contributed by atoms with Crippen molar-refractivity contribution in [3.63, 3.8) is 0 Å². The van der Waals surface area contributed by atoms with Crippen LogP contribution in [0.15, 0.2) is 28.2 Å². The molecule has 6 heteroatoms. The van der Waals surface area contributed by atoms with Crippen LogP contribution in [0.3, 0.4) is 0 Å². The van der Waals surface area contributed by atoms with E-state index in [1.54, 1.807) is 11.3 Å². The van der Waals surface area contributed by atoms with Crippen molar-refractivity contribution in [2.75, 3.05) is 13.1 Å². The van der Waals surface area contributed by atoms with Gasteiger partial charge in [0.1, 0.15) is 0 Å². The molecule has 0 N–H and O–H groups in total. The number of nitrogens with zero attached hydrogens (tertiary/aromatic N) is 3. The van der Waals surface area contributed by atoms with Crippen molar-refractivity contribution in [2.45, 2.75) is 32.7 Å². The SMILES string of the molecule is CC(C)(C)n1cc(Br)c(C(=O)N2CC(Cc3cccs3)C2)n1. The van der Waals surface area contributed by atoms with Gasteiger partial charge in [-0.25, -0.2) is 0 Å². The number of halogens is 1. The Hall–Kier alpha value is -1.14. The summed E-state index contributed by atoms with van der Waals surface area (Å²) in [6.07, 6.45) is 2.95. The molecule has 1 aliphatic heterocycles. The van der Waals surface area contributed by atoms with Gasteiger partial charge >= 0.3 is 0 Å². The highest BCUT2D eigenvalue weighted by molar-refractivity contribution is 9.10. The third-order valence-electron chi connectivity index (χ3n) is 3.87. The molecule has 1 fully saturated rings. The highest BCUT2D eigenvalue weighted by atomic mass is 79.9. The number of amides is 1. The molecule has 0 bridgehead atoms. The van der Waals surface area contributed by atoms with E-state index in [1.165, 1.54) is 4.88 Å². The quantitative estimate of drug-likeness (QED) is 0.811. The molecule has 0 spiro atoms. The molecule has 3 rings (SSSR count). The molecular weight excluding hydrogens is 362 g/mol. The maximum absolute atomic E-state index is 12.6. The van der Waals surface area contributed by atoms with Crippen LogP contribution >= 0.6 is 27.3 Å². The van der Waals surface area contributed by atoms with Crippen LogP contribution < -0.4 is 0 Å². The maximum Gasteiger partial charge on any atom is 0.275 e. The summed E-state index contributed by atoms with van der Waals surface area (Å²) in [6, 6.07) is 4.24. The Morgan fingerprint density at radius 1 is 1.45 bits per heavy atom. The lowest BCUT2D eigenvalue weighted by Crippen LogP contribution is -2.50. The van der Waals surface area contributed by atoms with Gasteiger partial charge in [0.15, 0.2) is 5.69 Å². The van der Waals surface area contributed by atoms with Crippen molar-refractivity contribution in [3.05, 3.63) is 38.8 Å². The first-order valence-electron chi connectivity index (χ1n) is 7.42. The van der Waals surface area contributed by atoms with Crippen molar-refractivity contribution in [1.82, 2.24) is 14.7 Å². The lowest BCUT2D eigenvalue weighted by molar-refractivity contribution is 0.0494. The first kappa shape index (κ1) is 15.7. The fourth-order valence-electron chi connectivity index (χ4n) is 2.57. The number of aromatic nitrogens is 2. The van der Waals surface area contributed by atoms with Crippen LogP contribution in [-0.2, 0) is 12.0 Å². The van der Waals surface area contributed by atoms with Crippen molar-refractivity contribution in [1.29, 1.82) is 0 Å². The first-order valence-corrected chi connectivity index (χ1v) is 9.09. The van der Waals surface area contributed by atoms with Crippen LogP contribution in [-0.4, -0.2) is 33.7 Å². The second-order valence-electron chi connectivity index (χ2n) is 6.80. The topological polar surface area (TPSA) is 38.1 Å². The summed E-state index contributed by atoms with van der Waals surface area (Å²) in [6.45, 7) is 7.86. The molecule has 0 atom stereocenters. The molecule has 0 aromatic carbocycles. The van der Waals surface area contributed by atoms with Crippen LogP contribution in [0.5, 0.6) is 0 Å². The lowest BCUT2D eigenvalue weighted by Gasteiger charge is -2.38. The number of carbonyl (C=O) groups is 1. The average Bonchev–Trinajstić information content (AvgIpc) is 3.00. The molecule has 3 heterocycles. The van der Waals surface area contributed by atoms with Crippen molar-refractivity contribution >= 4 is 33.2 Å². The molecule has 1 saturated heterocycles. The number of hydrogen-bond donors (Lipinski definition) is 0. The van der Waals surface area contributed by atoms with Gasteiger partial charge in [-0.2, -0.15) is 5.10 Å². The van der Waals surface area contributed by atoms with Gasteiger partial charge in [0.2, 0.25) is 0 Å². The highest BCUT2D eigenvalue weighted by Crippen LogP contribution is 2.27. The van der Waals surface area contributed by atoms with Crippen LogP contribution in [0.25, 0.3) is 0 Å². The summed E-state index contributed by atoms with van der Waals surface area (Å²) in [4.78, 5) is 15.8. The summed E-state index contributed by atoms with van der Waals surface area (Å²) in [5.74, 6) is 0.600. The second-order valence-corrected chi connectivity index (χ2v) is 8.69. The van der Waals surface area contributed by atoms with E-state index >= 15 is 0 Å². The number of likely N-dealkylation sites (tertiary alicyclic amines) is 1. The normalized spacial score (nSPS) is 15.9. The predicted molar refractivity (Wildman–Crippen MR) is 92.3 cm³/mol. The minimum absolute atomic E-state index is 0.0253. The molecule has 22 heavy (non-hydrogen) atoms. The van der Waals surface area contributed by atoms with Gasteiger partial charge in [0, 0.05) is 24.2 Å². The van der Waals surface area contributed by atoms with Crippen molar-refractivity contribution < 1.29 is 4.79 Å². The zero-order chi connectivity index (χ0) is 15.9. The lowest BCUT2D eigenvalue weighted by atomic mass is 9.95. The number of rotatable bonds is 3. The summed E-state index contributed by atoms with van der Waals surface area (Å²) in [5.41, 5.74) is 0.391. The minimum atomic E-state index is -0.127. The van der Waals surface area contributed by atoms with E-state index in [0.717, 1.165) is 24.0 Å². The van der Waals surface area contributed by atoms with E-state index in [1.807, 2.05) is 15.8 Å². The molecule has 4 nitrogen and oxygen atoms in total. The Morgan fingerprint density at radius 2 is 2.18 bits per heavy atom. The predicted octanol–water partition coefficient (Wildman–Crippen LogP) is 3.78. The summed E-state index contributed by atoms with van der Waals surface area (Å²) < 4.78 is 2.61. The number of carbonyl (C=O) groups excluding carboxylic acids is 1. The Labute approximate surface area is 143 Å². The van der Waals surface area contributed by atoms with E-state index in [9.17, 15) is 4.79 Å². The van der Waals surface area contributed by atoms with E-state index in [-0.39, 0.29) is 11.4 Å². The average molecular weight is 382 g/mol. The Morgan fingerprint density at radius 3 is 2.73 bits per heavy atom. The van der Waals surface area contributed by atoms with Gasteiger partial charge in [-0.1, -0.05) is 6.07 Å². The Kier molecular flexibility index (Phi) is 4.16. The fraction of sp³-hybridized carbons (Fsp3) is 0.500. The van der Waals surface area contributed by atoms with Gasteiger partial charge in [-0.15, -0.1) is 11.3 Å². The fourth-order valence-corrected chi connectivity index (χ4v) is 3.83. The monoisotopic (exact) mass is 381 g/mol. The van der Waals surface area contributed by atoms with Crippen LogP contribution in [0.1, 0.15) is 36.1 Å². The van der Waals surface area contributed by atoms with Crippen LogP contribution in [0.2, 0.25) is 0 Å². The van der Waals surface area contributed by atoms with Gasteiger partial charge in [0.25, 0.3) is 5.91 Å². The molecule has 2 aromatic rings. The standard InChI is InChI=1S/C16H20BrN3OS/c1-16(2,3)20-10-13(17)14(18-20)15(21)19-8-11(9-19)7-12-5-4-6-22-12/h4-6,10-11H,7-9H2,1-3H3. The van der Waals surface area contributed by atoms with Crippen LogP contribution in [0.4, 0.5) is 0 Å². The summed E-state index contributed by atoms with van der Waals surface area (Å²) in [5, 5.41) is 6.57. The molecule has 0 radical (unpaired) electrons. The largest absolute Gasteiger partial charge is 0.337 e. The number of thiophene rings is 1. The maximum atomic E-state index is 12.6. The minimum Gasteiger partial charge on any atom is -0.337 e. The molecule has 0 unspecified atom stereocenters. The van der Waals surface area contributed by atoms with Crippen LogP contribution in [0, 0.1) is 5.92 Å².